The van der Waals surface area contributed by atoms with E-state index in [0.29, 0.717) is 6.54 Å². The van der Waals surface area contributed by atoms with Crippen LogP contribution >= 0.6 is 0 Å². The molecule has 7 heteroatoms. The monoisotopic (exact) mass is 387 g/mol. The summed E-state index contributed by atoms with van der Waals surface area (Å²) < 4.78 is 0. The Bertz CT molecular complexity index is 331. The topological polar surface area (TPSA) is 92.3 Å². The third-order valence-corrected chi connectivity index (χ3v) is 4.34. The molecule has 1 atom stereocenters. The minimum atomic E-state index is -1.24. The number of carbonyl (C=O) groups excluding carboxylic acids is 2. The van der Waals surface area contributed by atoms with E-state index in [4.69, 9.17) is 0 Å². The van der Waals surface area contributed by atoms with Crippen LogP contribution < -0.4 is 74.6 Å². The Hall–Kier alpha value is 0.900. The molecule has 0 saturated heterocycles. The van der Waals surface area contributed by atoms with Gasteiger partial charge < -0.3 is 25.1 Å². The maximum Gasteiger partial charge on any atom is 1.00 e. The van der Waals surface area contributed by atoms with Crippen molar-refractivity contribution in [3.05, 3.63) is 0 Å². The third-order valence-electron chi connectivity index (χ3n) is 4.34. The first-order valence-electron chi connectivity index (χ1n) is 9.72. The van der Waals surface area contributed by atoms with Gasteiger partial charge in [0.05, 0.1) is 5.97 Å². The molecule has 0 radical (unpaired) electrons. The average Bonchev–Trinajstić information content (AvgIpc) is 2.54. The zero-order chi connectivity index (χ0) is 18.0. The summed E-state index contributed by atoms with van der Waals surface area (Å²) in [5.41, 5.74) is 0. The molecule has 1 N–H and O–H groups in total. The van der Waals surface area contributed by atoms with Crippen molar-refractivity contribution >= 4 is 11.9 Å². The van der Waals surface area contributed by atoms with Crippen LogP contribution in [0.1, 0.15) is 96.8 Å². The van der Waals surface area contributed by atoms with Gasteiger partial charge in [-0.15, -0.1) is 0 Å². The van der Waals surface area contributed by atoms with Crippen LogP contribution in [0, 0.1) is 0 Å². The van der Waals surface area contributed by atoms with Crippen molar-refractivity contribution in [1.29, 1.82) is 0 Å². The molecule has 0 fully saturated rings. The molecular weight excluding hydrogens is 352 g/mol. The number of aliphatic carboxylic acids is 2. The zero-order valence-corrected chi connectivity index (χ0v) is 21.3. The van der Waals surface area contributed by atoms with Crippen molar-refractivity contribution in [2.24, 2.45) is 0 Å². The van der Waals surface area contributed by atoms with Crippen LogP contribution in [-0.4, -0.2) is 24.5 Å². The van der Waals surface area contributed by atoms with Gasteiger partial charge >= 0.3 is 59.1 Å². The quantitative estimate of drug-likeness (QED) is 0.191. The first-order chi connectivity index (χ1) is 11.6. The maximum absolute atomic E-state index is 10.9. The van der Waals surface area contributed by atoms with Crippen LogP contribution in [0.25, 0.3) is 0 Å². The molecule has 0 aromatic carbocycles. The summed E-state index contributed by atoms with van der Waals surface area (Å²) in [6.07, 6.45) is 14.9. The van der Waals surface area contributed by atoms with Crippen LogP contribution in [0.5, 0.6) is 0 Å². The van der Waals surface area contributed by atoms with Crippen LogP contribution in [0.3, 0.4) is 0 Å². The Balaban J connectivity index is -0.00000264. The fourth-order valence-corrected chi connectivity index (χ4v) is 2.81. The minimum Gasteiger partial charge on any atom is -0.550 e. The van der Waals surface area contributed by atoms with Crippen molar-refractivity contribution in [2.75, 3.05) is 6.54 Å². The molecule has 0 heterocycles. The number of hydrogen-bond donors (Lipinski definition) is 1. The van der Waals surface area contributed by atoms with Crippen molar-refractivity contribution in [2.45, 2.75) is 103 Å². The molecule has 0 bridgehead atoms. The standard InChI is InChI=1S/C19H37NO4.2Na/c1-2-3-4-5-6-7-8-9-10-11-12-13-16-20-17(19(23)24)14-15-18(21)22;;/h17,20H,2-16H2,1H3,(H,21,22)(H,23,24);;/q;2*+1/p-2/t17-;;/m0../s1. The van der Waals surface area contributed by atoms with E-state index in [1.807, 2.05) is 0 Å². The second-order valence-corrected chi connectivity index (χ2v) is 6.63. The zero-order valence-electron chi connectivity index (χ0n) is 17.3. The first-order valence-corrected chi connectivity index (χ1v) is 9.72. The summed E-state index contributed by atoms with van der Waals surface area (Å²) in [4.78, 5) is 21.2. The van der Waals surface area contributed by atoms with Crippen LogP contribution in [-0.2, 0) is 9.59 Å². The molecule has 0 rings (SSSR count). The third kappa shape index (κ3) is 22.9. The number of carboxylic acid groups (broad SMARTS) is 2. The summed E-state index contributed by atoms with van der Waals surface area (Å²) in [7, 11) is 0. The molecule has 0 aromatic rings. The van der Waals surface area contributed by atoms with Gasteiger partial charge in [-0.3, -0.25) is 0 Å². The van der Waals surface area contributed by atoms with Crippen molar-refractivity contribution in [1.82, 2.24) is 5.32 Å². The molecule has 0 spiro atoms. The van der Waals surface area contributed by atoms with Crippen molar-refractivity contribution in [3.63, 3.8) is 0 Å². The molecule has 0 amide bonds. The Morgan fingerprint density at radius 1 is 0.769 bits per heavy atom. The molecule has 0 aliphatic rings. The van der Waals surface area contributed by atoms with Gasteiger partial charge in [0, 0.05) is 12.0 Å². The van der Waals surface area contributed by atoms with Crippen LogP contribution in [0.15, 0.2) is 0 Å². The number of rotatable bonds is 18. The Labute approximate surface area is 204 Å². The summed E-state index contributed by atoms with van der Waals surface area (Å²) in [6, 6.07) is -0.893. The van der Waals surface area contributed by atoms with Crippen LogP contribution in [0.2, 0.25) is 0 Å². The van der Waals surface area contributed by atoms with Crippen molar-refractivity contribution < 1.29 is 78.9 Å². The fraction of sp³-hybridized carbons (Fsp3) is 0.895. The number of unbranched alkanes of at least 4 members (excludes halogenated alkanes) is 11. The Morgan fingerprint density at radius 2 is 1.19 bits per heavy atom. The second kappa shape index (κ2) is 23.9. The molecule has 0 aliphatic heterocycles. The second-order valence-electron chi connectivity index (χ2n) is 6.63. The van der Waals surface area contributed by atoms with E-state index in [2.05, 4.69) is 12.2 Å². The summed E-state index contributed by atoms with van der Waals surface area (Å²) in [5.74, 6) is -2.47. The molecule has 0 saturated carbocycles. The van der Waals surface area contributed by atoms with E-state index in [9.17, 15) is 19.8 Å². The predicted octanol–water partition coefficient (Wildman–Crippen LogP) is -4.07. The smallest absolute Gasteiger partial charge is 0.550 e. The van der Waals surface area contributed by atoms with E-state index >= 15 is 0 Å². The van der Waals surface area contributed by atoms with E-state index in [0.717, 1.165) is 12.8 Å². The molecule has 0 aliphatic carbocycles. The normalized spacial score (nSPS) is 11.3. The summed E-state index contributed by atoms with van der Waals surface area (Å²) in [6.45, 7) is 2.82. The van der Waals surface area contributed by atoms with Gasteiger partial charge in [0.1, 0.15) is 0 Å². The first kappa shape index (κ1) is 31.6. The van der Waals surface area contributed by atoms with Gasteiger partial charge in [0.15, 0.2) is 0 Å². The van der Waals surface area contributed by atoms with E-state index in [1.54, 1.807) is 0 Å². The average molecular weight is 387 g/mol. The number of carboxylic acids is 2. The summed E-state index contributed by atoms with van der Waals surface area (Å²) >= 11 is 0. The Morgan fingerprint density at radius 3 is 1.58 bits per heavy atom. The minimum absolute atomic E-state index is 0. The van der Waals surface area contributed by atoms with E-state index in [1.165, 1.54) is 64.2 Å². The molecule has 142 valence electrons. The van der Waals surface area contributed by atoms with Crippen LogP contribution in [0.4, 0.5) is 0 Å². The fourth-order valence-electron chi connectivity index (χ4n) is 2.81. The largest absolute Gasteiger partial charge is 1.00 e. The number of nitrogens with one attached hydrogen (secondary N) is 1. The predicted molar refractivity (Wildman–Crippen MR) is 92.1 cm³/mol. The molecule has 5 nitrogen and oxygen atoms in total. The van der Waals surface area contributed by atoms with Crippen molar-refractivity contribution in [3.8, 4) is 0 Å². The van der Waals surface area contributed by atoms with Gasteiger partial charge in [0.25, 0.3) is 0 Å². The van der Waals surface area contributed by atoms with E-state index < -0.39 is 18.0 Å². The SMILES string of the molecule is CCCCCCCCCCCCCCN[C@@H](CCC(=O)[O-])C(=O)[O-].[Na+].[Na+]. The summed E-state index contributed by atoms with van der Waals surface area (Å²) in [5, 5.41) is 24.1. The van der Waals surface area contributed by atoms with Gasteiger partial charge in [0.2, 0.25) is 0 Å². The molecular formula is C19H35NNa2O4. The molecule has 0 unspecified atom stereocenters. The molecule has 26 heavy (non-hydrogen) atoms. The van der Waals surface area contributed by atoms with Gasteiger partial charge in [-0.25, -0.2) is 0 Å². The maximum atomic E-state index is 10.9. The van der Waals surface area contributed by atoms with E-state index in [-0.39, 0.29) is 72.0 Å². The Kier molecular flexibility index (Phi) is 29.1. The van der Waals surface area contributed by atoms with Gasteiger partial charge in [-0.05, 0) is 25.8 Å². The number of carbonyl (C=O) groups is 2. The molecule has 0 aromatic heterocycles. The van der Waals surface area contributed by atoms with Gasteiger partial charge in [-0.2, -0.15) is 0 Å². The van der Waals surface area contributed by atoms with Gasteiger partial charge in [-0.1, -0.05) is 77.6 Å². The number of hydrogen-bond acceptors (Lipinski definition) is 5.